The monoisotopic (exact) mass is 294 g/mol. The van der Waals surface area contributed by atoms with Gasteiger partial charge in [0.05, 0.1) is 0 Å². The average Bonchev–Trinajstić information content (AvgIpc) is 2.05. The van der Waals surface area contributed by atoms with E-state index in [1.807, 2.05) is 24.3 Å². The third-order valence-electron chi connectivity index (χ3n) is 1.23. The van der Waals surface area contributed by atoms with Crippen LogP contribution in [0.25, 0.3) is 0 Å². The minimum absolute atomic E-state index is 0.517. The number of ether oxygens (including phenoxy) is 1. The molecule has 0 aromatic heterocycles. The van der Waals surface area contributed by atoms with E-state index >= 15 is 0 Å². The predicted octanol–water partition coefficient (Wildman–Crippen LogP) is 3.42. The molecule has 1 aromatic carbocycles. The summed E-state index contributed by atoms with van der Waals surface area (Å²) in [5.41, 5.74) is 1.45. The molecule has 0 aliphatic rings. The van der Waals surface area contributed by atoms with Gasteiger partial charge in [-0.05, 0) is 46.9 Å². The van der Waals surface area contributed by atoms with Gasteiger partial charge in [-0.2, -0.15) is 0 Å². The first-order valence-electron chi connectivity index (χ1n) is 3.46. The maximum Gasteiger partial charge on any atom is 0.120 e. The zero-order chi connectivity index (χ0) is 8.81. The normalized spacial score (nSPS) is 10.5. The molecule has 12 heavy (non-hydrogen) atoms. The van der Waals surface area contributed by atoms with Crippen LogP contribution in [-0.4, -0.2) is 6.61 Å². The topological polar surface area (TPSA) is 9.23 Å². The maximum atomic E-state index is 5.35. The van der Waals surface area contributed by atoms with Crippen LogP contribution in [0.4, 0.5) is 0 Å². The van der Waals surface area contributed by atoms with Gasteiger partial charge in [0.25, 0.3) is 0 Å². The Balaban J connectivity index is 2.52. The van der Waals surface area contributed by atoms with Crippen LogP contribution in [-0.2, 0) is 0 Å². The fourth-order valence-electron chi connectivity index (χ4n) is 0.737. The summed E-state index contributed by atoms with van der Waals surface area (Å²) >= 11 is 7.58. The van der Waals surface area contributed by atoms with Crippen molar-refractivity contribution >= 4 is 34.2 Å². The zero-order valence-corrected chi connectivity index (χ0v) is 9.25. The predicted molar refractivity (Wildman–Crippen MR) is 59.6 cm³/mol. The van der Waals surface area contributed by atoms with Gasteiger partial charge in [0.1, 0.15) is 12.4 Å². The van der Waals surface area contributed by atoms with Crippen molar-refractivity contribution in [2.45, 2.75) is 0 Å². The summed E-state index contributed by atoms with van der Waals surface area (Å²) in [4.78, 5) is 0. The van der Waals surface area contributed by atoms with Gasteiger partial charge < -0.3 is 4.74 Å². The molecule has 0 saturated carbocycles. The highest BCUT2D eigenvalue weighted by molar-refractivity contribution is 14.1. The molecule has 0 spiro atoms. The molecule has 1 rings (SSSR count). The van der Waals surface area contributed by atoms with Crippen molar-refractivity contribution in [1.29, 1.82) is 0 Å². The molecule has 0 fully saturated rings. The Morgan fingerprint density at radius 1 is 1.50 bits per heavy atom. The van der Waals surface area contributed by atoms with E-state index in [0.717, 1.165) is 5.75 Å². The summed E-state index contributed by atoms with van der Waals surface area (Å²) in [6, 6.07) is 7.87. The van der Waals surface area contributed by atoms with Crippen LogP contribution in [0, 0.1) is 3.57 Å². The Bertz CT molecular complexity index is 273. The van der Waals surface area contributed by atoms with Crippen LogP contribution < -0.4 is 4.74 Å². The molecule has 1 aromatic rings. The third kappa shape index (κ3) is 3.45. The Kier molecular flexibility index (Phi) is 4.46. The Labute approximate surface area is 90.5 Å². The average molecular weight is 295 g/mol. The highest BCUT2D eigenvalue weighted by Crippen LogP contribution is 2.14. The van der Waals surface area contributed by atoms with E-state index in [4.69, 9.17) is 16.3 Å². The van der Waals surface area contributed by atoms with Gasteiger partial charge in [-0.3, -0.25) is 0 Å². The van der Waals surface area contributed by atoms with Crippen molar-refractivity contribution in [3.63, 3.8) is 0 Å². The molecule has 64 valence electrons. The first-order chi connectivity index (χ1) is 5.83. The summed E-state index contributed by atoms with van der Waals surface area (Å²) in [7, 11) is 0. The number of benzene rings is 1. The smallest absolute Gasteiger partial charge is 0.120 e. The van der Waals surface area contributed by atoms with Crippen molar-refractivity contribution in [3.8, 4) is 5.75 Å². The van der Waals surface area contributed by atoms with Gasteiger partial charge >= 0.3 is 0 Å². The maximum absolute atomic E-state index is 5.35. The molecule has 0 aliphatic carbocycles. The first-order valence-corrected chi connectivity index (χ1v) is 4.98. The number of halogens is 2. The molecule has 0 saturated heterocycles. The van der Waals surface area contributed by atoms with Crippen molar-refractivity contribution in [2.24, 2.45) is 0 Å². The lowest BCUT2D eigenvalue weighted by Crippen LogP contribution is -1.92. The van der Waals surface area contributed by atoms with Crippen molar-refractivity contribution in [1.82, 2.24) is 0 Å². The summed E-state index contributed by atoms with van der Waals surface area (Å²) in [6.45, 7) is 0.517. The van der Waals surface area contributed by atoms with E-state index in [0.29, 0.717) is 6.61 Å². The minimum atomic E-state index is 0.517. The van der Waals surface area contributed by atoms with E-state index in [9.17, 15) is 0 Å². The van der Waals surface area contributed by atoms with E-state index in [1.54, 1.807) is 6.08 Å². The fourth-order valence-corrected chi connectivity index (χ4v) is 1.32. The third-order valence-corrected chi connectivity index (χ3v) is 2.08. The molecular formula is C9H8ClIO. The van der Waals surface area contributed by atoms with Crippen LogP contribution in [0.5, 0.6) is 5.75 Å². The molecule has 0 atom stereocenters. The highest BCUT2D eigenvalue weighted by Gasteiger charge is 1.91. The van der Waals surface area contributed by atoms with E-state index in [1.165, 1.54) is 9.11 Å². The quantitative estimate of drug-likeness (QED) is 0.776. The summed E-state index contributed by atoms with van der Waals surface area (Å²) < 4.78 is 6.52. The van der Waals surface area contributed by atoms with Crippen molar-refractivity contribution in [3.05, 3.63) is 39.4 Å². The second kappa shape index (κ2) is 5.43. The number of rotatable bonds is 3. The molecule has 0 radical (unpaired) electrons. The van der Waals surface area contributed by atoms with E-state index in [-0.39, 0.29) is 0 Å². The molecule has 0 unspecified atom stereocenters. The van der Waals surface area contributed by atoms with E-state index in [2.05, 4.69) is 22.6 Å². The fraction of sp³-hybridized carbons (Fsp3) is 0.111. The van der Waals surface area contributed by atoms with Gasteiger partial charge in [0.15, 0.2) is 0 Å². The Morgan fingerprint density at radius 3 is 3.00 bits per heavy atom. The molecule has 0 heterocycles. The molecular weight excluding hydrogens is 286 g/mol. The highest BCUT2D eigenvalue weighted by atomic mass is 127. The van der Waals surface area contributed by atoms with Gasteiger partial charge in [0, 0.05) is 9.11 Å². The minimum Gasteiger partial charge on any atom is -0.489 e. The molecule has 3 heteroatoms. The number of hydrogen-bond donors (Lipinski definition) is 0. The van der Waals surface area contributed by atoms with Crippen LogP contribution in [0.15, 0.2) is 35.9 Å². The van der Waals surface area contributed by atoms with Gasteiger partial charge in [-0.1, -0.05) is 17.7 Å². The Morgan fingerprint density at radius 2 is 2.33 bits per heavy atom. The molecule has 1 nitrogen and oxygen atoms in total. The molecule has 0 bridgehead atoms. The van der Waals surface area contributed by atoms with Crippen LogP contribution in [0.3, 0.4) is 0 Å². The SMILES string of the molecule is Cl/C=C/COc1cccc(I)c1. The van der Waals surface area contributed by atoms with E-state index < -0.39 is 0 Å². The van der Waals surface area contributed by atoms with Crippen LogP contribution >= 0.6 is 34.2 Å². The Hall–Kier alpha value is -0.220. The second-order valence-electron chi connectivity index (χ2n) is 2.13. The van der Waals surface area contributed by atoms with Crippen LogP contribution in [0.1, 0.15) is 0 Å². The van der Waals surface area contributed by atoms with Gasteiger partial charge in [0.2, 0.25) is 0 Å². The lowest BCUT2D eigenvalue weighted by Gasteiger charge is -2.01. The van der Waals surface area contributed by atoms with Crippen molar-refractivity contribution in [2.75, 3.05) is 6.61 Å². The molecule has 0 aliphatic heterocycles. The number of hydrogen-bond acceptors (Lipinski definition) is 1. The summed E-state index contributed by atoms with van der Waals surface area (Å²) in [5.74, 6) is 0.872. The molecule has 0 N–H and O–H groups in total. The van der Waals surface area contributed by atoms with Gasteiger partial charge in [-0.15, -0.1) is 0 Å². The van der Waals surface area contributed by atoms with Gasteiger partial charge in [-0.25, -0.2) is 0 Å². The summed E-state index contributed by atoms with van der Waals surface area (Å²) in [6.07, 6.45) is 1.75. The summed E-state index contributed by atoms with van der Waals surface area (Å²) in [5, 5.41) is 0. The lowest BCUT2D eigenvalue weighted by atomic mass is 10.3. The lowest BCUT2D eigenvalue weighted by molar-refractivity contribution is 0.363. The van der Waals surface area contributed by atoms with Crippen LogP contribution in [0.2, 0.25) is 0 Å². The first kappa shape index (κ1) is 9.86. The largest absolute Gasteiger partial charge is 0.489 e. The molecule has 0 amide bonds. The van der Waals surface area contributed by atoms with Crippen molar-refractivity contribution < 1.29 is 4.74 Å². The zero-order valence-electron chi connectivity index (χ0n) is 6.34. The second-order valence-corrected chi connectivity index (χ2v) is 3.63. The standard InChI is InChI=1S/C9H8ClIO/c10-5-2-6-12-9-4-1-3-8(11)7-9/h1-5,7H,6H2/b5-2+.